The van der Waals surface area contributed by atoms with Crippen LogP contribution >= 0.6 is 15.9 Å². The lowest BCUT2D eigenvalue weighted by Gasteiger charge is -2.10. The highest BCUT2D eigenvalue weighted by molar-refractivity contribution is 9.10. The van der Waals surface area contributed by atoms with Gasteiger partial charge in [0.2, 0.25) is 5.91 Å². The second kappa shape index (κ2) is 4.95. The van der Waals surface area contributed by atoms with Crippen LogP contribution in [0.5, 0.6) is 0 Å². The molecule has 2 rings (SSSR count). The molecule has 0 saturated carbocycles. The SMILES string of the molecule is O=C(Nc1ccc(Br)cc1)C1CC(O)CN1. The van der Waals surface area contributed by atoms with Crippen molar-refractivity contribution in [2.75, 3.05) is 11.9 Å². The van der Waals surface area contributed by atoms with Gasteiger partial charge >= 0.3 is 0 Å². The molecule has 4 nitrogen and oxygen atoms in total. The van der Waals surface area contributed by atoms with E-state index in [0.29, 0.717) is 13.0 Å². The van der Waals surface area contributed by atoms with Gasteiger partial charge in [0.25, 0.3) is 0 Å². The summed E-state index contributed by atoms with van der Waals surface area (Å²) in [5.41, 5.74) is 0.761. The van der Waals surface area contributed by atoms with Gasteiger partial charge in [0.15, 0.2) is 0 Å². The van der Waals surface area contributed by atoms with Crippen molar-refractivity contribution < 1.29 is 9.90 Å². The number of β-amino-alcohol motifs (C(OH)–C–C–N with tert-alkyl or cyclic N) is 1. The third-order valence-corrected chi connectivity index (χ3v) is 3.06. The molecule has 0 bridgehead atoms. The van der Waals surface area contributed by atoms with Crippen molar-refractivity contribution in [1.82, 2.24) is 5.32 Å². The largest absolute Gasteiger partial charge is 0.392 e. The normalized spacial score (nSPS) is 24.4. The first-order chi connectivity index (χ1) is 7.65. The minimum absolute atomic E-state index is 0.0983. The molecule has 0 radical (unpaired) electrons. The smallest absolute Gasteiger partial charge is 0.241 e. The molecule has 0 aliphatic carbocycles. The maximum absolute atomic E-state index is 11.7. The lowest BCUT2D eigenvalue weighted by atomic mass is 10.2. The van der Waals surface area contributed by atoms with E-state index in [0.717, 1.165) is 10.2 Å². The van der Waals surface area contributed by atoms with Crippen LogP contribution in [0, 0.1) is 0 Å². The van der Waals surface area contributed by atoms with E-state index in [9.17, 15) is 9.90 Å². The van der Waals surface area contributed by atoms with Crippen molar-refractivity contribution in [3.05, 3.63) is 28.7 Å². The minimum Gasteiger partial charge on any atom is -0.392 e. The molecule has 1 aromatic carbocycles. The molecule has 1 aliphatic rings. The molecule has 1 saturated heterocycles. The number of carbonyl (C=O) groups excluding carboxylic acids is 1. The Morgan fingerprint density at radius 2 is 2.12 bits per heavy atom. The molecule has 1 aliphatic heterocycles. The molecular weight excluding hydrogens is 272 g/mol. The van der Waals surface area contributed by atoms with Gasteiger partial charge < -0.3 is 15.7 Å². The molecule has 0 aromatic heterocycles. The number of aliphatic hydroxyl groups excluding tert-OH is 1. The van der Waals surface area contributed by atoms with E-state index in [1.807, 2.05) is 24.3 Å². The van der Waals surface area contributed by atoms with Crippen molar-refractivity contribution in [1.29, 1.82) is 0 Å². The van der Waals surface area contributed by atoms with E-state index in [-0.39, 0.29) is 11.9 Å². The number of halogens is 1. The highest BCUT2D eigenvalue weighted by Gasteiger charge is 2.27. The Hall–Kier alpha value is -0.910. The van der Waals surface area contributed by atoms with Gasteiger partial charge in [-0.05, 0) is 30.7 Å². The maximum Gasteiger partial charge on any atom is 0.241 e. The summed E-state index contributed by atoms with van der Waals surface area (Å²) in [5, 5.41) is 15.1. The number of hydrogen-bond acceptors (Lipinski definition) is 3. The van der Waals surface area contributed by atoms with Crippen LogP contribution in [0.2, 0.25) is 0 Å². The molecule has 16 heavy (non-hydrogen) atoms. The van der Waals surface area contributed by atoms with Crippen molar-refractivity contribution >= 4 is 27.5 Å². The van der Waals surface area contributed by atoms with Crippen LogP contribution < -0.4 is 10.6 Å². The van der Waals surface area contributed by atoms with Crippen molar-refractivity contribution in [3.63, 3.8) is 0 Å². The van der Waals surface area contributed by atoms with Crippen LogP contribution in [0.3, 0.4) is 0 Å². The molecule has 1 heterocycles. The predicted molar refractivity (Wildman–Crippen MR) is 65.2 cm³/mol. The van der Waals surface area contributed by atoms with Crippen LogP contribution in [0.1, 0.15) is 6.42 Å². The van der Waals surface area contributed by atoms with Crippen LogP contribution in [0.15, 0.2) is 28.7 Å². The average molecular weight is 285 g/mol. The van der Waals surface area contributed by atoms with E-state index in [1.165, 1.54) is 0 Å². The number of hydrogen-bond donors (Lipinski definition) is 3. The second-order valence-electron chi connectivity index (χ2n) is 3.85. The zero-order valence-corrected chi connectivity index (χ0v) is 10.2. The highest BCUT2D eigenvalue weighted by atomic mass is 79.9. The summed E-state index contributed by atoms with van der Waals surface area (Å²) < 4.78 is 0.972. The van der Waals surface area contributed by atoms with Crippen LogP contribution in [0.4, 0.5) is 5.69 Å². The van der Waals surface area contributed by atoms with Gasteiger partial charge in [-0.25, -0.2) is 0 Å². The molecule has 86 valence electrons. The fourth-order valence-electron chi connectivity index (χ4n) is 1.68. The summed E-state index contributed by atoms with van der Waals surface area (Å²) in [7, 11) is 0. The molecule has 2 unspecified atom stereocenters. The zero-order valence-electron chi connectivity index (χ0n) is 8.61. The first kappa shape index (κ1) is 11.6. The maximum atomic E-state index is 11.7. The summed E-state index contributed by atoms with van der Waals surface area (Å²) >= 11 is 3.33. The number of carbonyl (C=O) groups is 1. The van der Waals surface area contributed by atoms with E-state index in [1.54, 1.807) is 0 Å². The van der Waals surface area contributed by atoms with Gasteiger partial charge in [0, 0.05) is 16.7 Å². The lowest BCUT2D eigenvalue weighted by Crippen LogP contribution is -2.35. The Morgan fingerprint density at radius 3 is 2.69 bits per heavy atom. The van der Waals surface area contributed by atoms with E-state index < -0.39 is 6.10 Å². The Labute approximate surface area is 102 Å². The molecule has 1 amide bonds. The van der Waals surface area contributed by atoms with Gasteiger partial charge in [0.1, 0.15) is 0 Å². The molecular formula is C11H13BrN2O2. The summed E-state index contributed by atoms with van der Waals surface area (Å²) in [6.07, 6.45) is 0.0585. The summed E-state index contributed by atoms with van der Waals surface area (Å²) in [5.74, 6) is -0.0983. The monoisotopic (exact) mass is 284 g/mol. The number of nitrogens with one attached hydrogen (secondary N) is 2. The van der Waals surface area contributed by atoms with Crippen molar-refractivity contribution in [2.24, 2.45) is 0 Å². The Balaban J connectivity index is 1.94. The Bertz CT molecular complexity index is 380. The zero-order chi connectivity index (χ0) is 11.5. The minimum atomic E-state index is -0.416. The van der Waals surface area contributed by atoms with Gasteiger partial charge in [-0.3, -0.25) is 4.79 Å². The fraction of sp³-hybridized carbons (Fsp3) is 0.364. The first-order valence-corrected chi connectivity index (χ1v) is 5.92. The number of rotatable bonds is 2. The first-order valence-electron chi connectivity index (χ1n) is 5.13. The standard InChI is InChI=1S/C11H13BrN2O2/c12-7-1-3-8(4-2-7)14-11(16)10-5-9(15)6-13-10/h1-4,9-10,13,15H,5-6H2,(H,14,16). The molecule has 1 fully saturated rings. The third kappa shape index (κ3) is 2.81. The summed E-state index contributed by atoms with van der Waals surface area (Å²) in [6, 6.07) is 7.10. The molecule has 0 spiro atoms. The quantitative estimate of drug-likeness (QED) is 0.763. The molecule has 3 N–H and O–H groups in total. The Kier molecular flexibility index (Phi) is 3.58. The van der Waals surface area contributed by atoms with Crippen molar-refractivity contribution in [2.45, 2.75) is 18.6 Å². The third-order valence-electron chi connectivity index (χ3n) is 2.54. The van der Waals surface area contributed by atoms with Gasteiger partial charge in [0.05, 0.1) is 12.1 Å². The average Bonchev–Trinajstić information content (AvgIpc) is 2.68. The van der Waals surface area contributed by atoms with Crippen LogP contribution in [-0.2, 0) is 4.79 Å². The number of anilines is 1. The predicted octanol–water partition coefficient (Wildman–Crippen LogP) is 1.11. The summed E-state index contributed by atoms with van der Waals surface area (Å²) in [6.45, 7) is 0.485. The highest BCUT2D eigenvalue weighted by Crippen LogP contribution is 2.15. The van der Waals surface area contributed by atoms with Gasteiger partial charge in [-0.2, -0.15) is 0 Å². The fourth-order valence-corrected chi connectivity index (χ4v) is 1.94. The van der Waals surface area contributed by atoms with Crippen LogP contribution in [-0.4, -0.2) is 29.7 Å². The van der Waals surface area contributed by atoms with Crippen molar-refractivity contribution in [3.8, 4) is 0 Å². The molecule has 5 heteroatoms. The van der Waals surface area contributed by atoms with Gasteiger partial charge in [-0.1, -0.05) is 15.9 Å². The van der Waals surface area contributed by atoms with E-state index in [4.69, 9.17) is 0 Å². The second-order valence-corrected chi connectivity index (χ2v) is 4.76. The van der Waals surface area contributed by atoms with Gasteiger partial charge in [-0.15, -0.1) is 0 Å². The lowest BCUT2D eigenvalue weighted by molar-refractivity contribution is -0.117. The number of benzene rings is 1. The topological polar surface area (TPSA) is 61.4 Å². The van der Waals surface area contributed by atoms with E-state index >= 15 is 0 Å². The van der Waals surface area contributed by atoms with Crippen LogP contribution in [0.25, 0.3) is 0 Å². The number of amides is 1. The molecule has 2 atom stereocenters. The Morgan fingerprint density at radius 1 is 1.44 bits per heavy atom. The molecule has 1 aromatic rings. The number of aliphatic hydroxyl groups is 1. The summed E-state index contributed by atoms with van der Waals surface area (Å²) in [4.78, 5) is 11.7. The van der Waals surface area contributed by atoms with E-state index in [2.05, 4.69) is 26.6 Å².